The van der Waals surface area contributed by atoms with Crippen molar-refractivity contribution in [3.05, 3.63) is 24.3 Å². The van der Waals surface area contributed by atoms with Crippen LogP contribution in [0.1, 0.15) is 6.92 Å². The van der Waals surface area contributed by atoms with E-state index >= 15 is 0 Å². The zero-order valence-corrected chi connectivity index (χ0v) is 10.7. The third-order valence-corrected chi connectivity index (χ3v) is 4.02. The molecule has 0 aliphatic carbocycles. The minimum atomic E-state index is -3.42. The van der Waals surface area contributed by atoms with Gasteiger partial charge in [0.1, 0.15) is 11.0 Å². The highest BCUT2D eigenvalue weighted by Gasteiger charge is 2.27. The quantitative estimate of drug-likeness (QED) is 0.868. The molecular formula is C11H15NO4S. The monoisotopic (exact) mass is 257 g/mol. The number of hydrogen-bond donors (Lipinski definition) is 1. The van der Waals surface area contributed by atoms with Crippen LogP contribution in [0.5, 0.6) is 5.75 Å². The Labute approximate surface area is 101 Å². The Kier molecular flexibility index (Phi) is 3.77. The van der Waals surface area contributed by atoms with Crippen LogP contribution in [0.25, 0.3) is 0 Å². The molecule has 1 aromatic carbocycles. The molecule has 1 aromatic rings. The maximum absolute atomic E-state index is 11.9. The minimum absolute atomic E-state index is 0.0224. The number of carbonyl (C=O) groups excluding carboxylic acids is 1. The van der Waals surface area contributed by atoms with Crippen molar-refractivity contribution in [1.29, 1.82) is 0 Å². The summed E-state index contributed by atoms with van der Waals surface area (Å²) in [4.78, 5) is 13.1. The van der Waals surface area contributed by atoms with Gasteiger partial charge in [-0.3, -0.25) is 4.79 Å². The molecule has 1 amide bonds. The number of aromatic hydroxyl groups is 1. The Bertz CT molecular complexity index is 524. The molecular weight excluding hydrogens is 242 g/mol. The molecule has 0 radical (unpaired) electrons. The molecule has 94 valence electrons. The summed E-state index contributed by atoms with van der Waals surface area (Å²) in [6.45, 7) is 1.34. The van der Waals surface area contributed by atoms with Crippen LogP contribution >= 0.6 is 0 Å². The summed E-state index contributed by atoms with van der Waals surface area (Å²) >= 11 is 0. The Hall–Kier alpha value is -1.56. The lowest BCUT2D eigenvalue weighted by atomic mass is 10.2. The molecule has 0 saturated carbocycles. The van der Waals surface area contributed by atoms with Gasteiger partial charge in [-0.05, 0) is 19.1 Å². The first-order valence-corrected chi connectivity index (χ1v) is 6.94. The summed E-state index contributed by atoms with van der Waals surface area (Å²) in [5.41, 5.74) is 0.450. The molecule has 0 aliphatic heterocycles. The molecule has 0 aromatic heterocycles. The summed E-state index contributed by atoms with van der Waals surface area (Å²) in [5, 5.41) is 8.18. The SMILES string of the molecule is CC(C(=O)N(C)c1cccc(O)c1)S(C)(=O)=O. The number of hydrogen-bond acceptors (Lipinski definition) is 4. The molecule has 1 N–H and O–H groups in total. The van der Waals surface area contributed by atoms with E-state index in [4.69, 9.17) is 0 Å². The van der Waals surface area contributed by atoms with Crippen molar-refractivity contribution in [2.75, 3.05) is 18.2 Å². The number of rotatable bonds is 3. The first-order chi connectivity index (χ1) is 7.73. The zero-order valence-electron chi connectivity index (χ0n) is 9.91. The Morgan fingerprint density at radius 2 is 2.00 bits per heavy atom. The molecule has 1 unspecified atom stereocenters. The number of benzene rings is 1. The fourth-order valence-corrected chi connectivity index (χ4v) is 1.81. The highest BCUT2D eigenvalue weighted by molar-refractivity contribution is 7.92. The van der Waals surface area contributed by atoms with Crippen LogP contribution in [0.4, 0.5) is 5.69 Å². The van der Waals surface area contributed by atoms with Crippen LogP contribution in [0.2, 0.25) is 0 Å². The van der Waals surface area contributed by atoms with Gasteiger partial charge >= 0.3 is 0 Å². The molecule has 0 fully saturated rings. The van der Waals surface area contributed by atoms with E-state index in [1.807, 2.05) is 0 Å². The molecule has 1 rings (SSSR count). The fourth-order valence-electron chi connectivity index (χ4n) is 1.28. The maximum atomic E-state index is 11.9. The minimum Gasteiger partial charge on any atom is -0.508 e. The number of anilines is 1. The standard InChI is InChI=1S/C11H15NO4S/c1-8(17(3,15)16)11(14)12(2)9-5-4-6-10(13)7-9/h4-8,13H,1-3H3. The van der Waals surface area contributed by atoms with Crippen molar-refractivity contribution in [3.63, 3.8) is 0 Å². The van der Waals surface area contributed by atoms with Gasteiger partial charge in [0.05, 0.1) is 0 Å². The smallest absolute Gasteiger partial charge is 0.244 e. The highest BCUT2D eigenvalue weighted by atomic mass is 32.2. The number of nitrogens with zero attached hydrogens (tertiary/aromatic N) is 1. The molecule has 17 heavy (non-hydrogen) atoms. The van der Waals surface area contributed by atoms with E-state index in [9.17, 15) is 18.3 Å². The van der Waals surface area contributed by atoms with Crippen molar-refractivity contribution in [1.82, 2.24) is 0 Å². The van der Waals surface area contributed by atoms with Crippen LogP contribution in [-0.2, 0) is 14.6 Å². The second-order valence-electron chi connectivity index (χ2n) is 3.89. The molecule has 5 nitrogen and oxygen atoms in total. The molecule has 6 heteroatoms. The average Bonchev–Trinajstić information content (AvgIpc) is 2.25. The van der Waals surface area contributed by atoms with Gasteiger partial charge in [-0.15, -0.1) is 0 Å². The van der Waals surface area contributed by atoms with E-state index in [1.54, 1.807) is 12.1 Å². The predicted octanol–water partition coefficient (Wildman–Crippen LogP) is 0.788. The number of phenols is 1. The lowest BCUT2D eigenvalue weighted by Gasteiger charge is -2.20. The molecule has 0 saturated heterocycles. The van der Waals surface area contributed by atoms with Gasteiger partial charge in [-0.1, -0.05) is 6.07 Å². The third-order valence-electron chi connectivity index (χ3n) is 2.54. The van der Waals surface area contributed by atoms with Crippen LogP contribution in [0.3, 0.4) is 0 Å². The second kappa shape index (κ2) is 4.75. The van der Waals surface area contributed by atoms with E-state index in [-0.39, 0.29) is 5.75 Å². The van der Waals surface area contributed by atoms with E-state index in [0.29, 0.717) is 5.69 Å². The molecule has 0 aliphatic rings. The van der Waals surface area contributed by atoms with Crippen molar-refractivity contribution < 1.29 is 18.3 Å². The van der Waals surface area contributed by atoms with Gasteiger partial charge in [0.15, 0.2) is 9.84 Å². The topological polar surface area (TPSA) is 74.7 Å². The lowest BCUT2D eigenvalue weighted by Crippen LogP contribution is -2.38. The summed E-state index contributed by atoms with van der Waals surface area (Å²) in [6, 6.07) is 6.07. The van der Waals surface area contributed by atoms with Crippen molar-refractivity contribution in [3.8, 4) is 5.75 Å². The van der Waals surface area contributed by atoms with Gasteiger partial charge in [-0.2, -0.15) is 0 Å². The van der Waals surface area contributed by atoms with Gasteiger partial charge in [-0.25, -0.2) is 8.42 Å². The molecule has 0 spiro atoms. The predicted molar refractivity (Wildman–Crippen MR) is 65.8 cm³/mol. The van der Waals surface area contributed by atoms with Gasteiger partial charge in [0.2, 0.25) is 5.91 Å². The van der Waals surface area contributed by atoms with E-state index in [2.05, 4.69) is 0 Å². The van der Waals surface area contributed by atoms with Crippen molar-refractivity contribution in [2.45, 2.75) is 12.2 Å². The lowest BCUT2D eigenvalue weighted by molar-refractivity contribution is -0.117. The highest BCUT2D eigenvalue weighted by Crippen LogP contribution is 2.20. The van der Waals surface area contributed by atoms with Crippen molar-refractivity contribution >= 4 is 21.4 Å². The fraction of sp³-hybridized carbons (Fsp3) is 0.364. The largest absolute Gasteiger partial charge is 0.508 e. The Balaban J connectivity index is 2.99. The van der Waals surface area contributed by atoms with Crippen LogP contribution < -0.4 is 4.90 Å². The maximum Gasteiger partial charge on any atom is 0.244 e. The normalized spacial score (nSPS) is 13.1. The van der Waals surface area contributed by atoms with Gasteiger partial charge < -0.3 is 10.0 Å². The van der Waals surface area contributed by atoms with E-state index in [1.165, 1.54) is 31.0 Å². The van der Waals surface area contributed by atoms with Crippen molar-refractivity contribution in [2.24, 2.45) is 0 Å². The summed E-state index contributed by atoms with van der Waals surface area (Å²) in [7, 11) is -1.95. The molecule has 0 heterocycles. The van der Waals surface area contributed by atoms with Crippen LogP contribution in [0, 0.1) is 0 Å². The second-order valence-corrected chi connectivity index (χ2v) is 6.26. The summed E-state index contributed by atoms with van der Waals surface area (Å²) in [6.07, 6.45) is 1.02. The first-order valence-electron chi connectivity index (χ1n) is 4.99. The first kappa shape index (κ1) is 13.5. The number of sulfone groups is 1. The molecule has 1 atom stereocenters. The van der Waals surface area contributed by atoms with Gasteiger partial charge in [0, 0.05) is 25.1 Å². The van der Waals surface area contributed by atoms with E-state index < -0.39 is 21.0 Å². The summed E-state index contributed by atoms with van der Waals surface area (Å²) < 4.78 is 22.6. The third kappa shape index (κ3) is 3.20. The zero-order chi connectivity index (χ0) is 13.2. The number of carbonyl (C=O) groups is 1. The number of amides is 1. The Morgan fingerprint density at radius 1 is 1.41 bits per heavy atom. The Morgan fingerprint density at radius 3 is 2.47 bits per heavy atom. The van der Waals surface area contributed by atoms with Crippen LogP contribution in [0.15, 0.2) is 24.3 Å². The molecule has 0 bridgehead atoms. The average molecular weight is 257 g/mol. The van der Waals surface area contributed by atoms with Gasteiger partial charge in [0.25, 0.3) is 0 Å². The van der Waals surface area contributed by atoms with E-state index in [0.717, 1.165) is 6.26 Å². The summed E-state index contributed by atoms with van der Waals surface area (Å²) in [5.74, 6) is -0.507. The number of phenolic OH excluding ortho intramolecular Hbond substituents is 1. The van der Waals surface area contributed by atoms with Crippen LogP contribution in [-0.4, -0.2) is 38.0 Å².